The fraction of sp³-hybridized carbons (Fsp3) is 0.0909. The molecule has 2 aromatic carbocycles. The van der Waals surface area contributed by atoms with Crippen molar-refractivity contribution in [2.75, 3.05) is 5.32 Å². The van der Waals surface area contributed by atoms with Crippen LogP contribution in [0.25, 0.3) is 12.2 Å². The molecule has 1 aromatic heterocycles. The lowest BCUT2D eigenvalue weighted by atomic mass is 10.1. The van der Waals surface area contributed by atoms with Gasteiger partial charge in [-0.2, -0.15) is 4.57 Å². The minimum Gasteiger partial charge on any atom is -0.320 e. The molecule has 0 unspecified atom stereocenters. The van der Waals surface area contributed by atoms with E-state index in [4.69, 9.17) is 11.6 Å². The van der Waals surface area contributed by atoms with E-state index in [2.05, 4.69) is 29.6 Å². The van der Waals surface area contributed by atoms with Crippen molar-refractivity contribution < 1.29 is 9.36 Å². The van der Waals surface area contributed by atoms with Crippen LogP contribution in [0.2, 0.25) is 5.02 Å². The highest BCUT2D eigenvalue weighted by Gasteiger charge is 2.11. The van der Waals surface area contributed by atoms with E-state index in [0.717, 1.165) is 22.4 Å². The number of hydrogen-bond donors (Lipinski definition) is 1. The summed E-state index contributed by atoms with van der Waals surface area (Å²) in [4.78, 5) is 12.3. The summed E-state index contributed by atoms with van der Waals surface area (Å²) in [5.41, 5.74) is 3.84. The molecule has 1 N–H and O–H groups in total. The van der Waals surface area contributed by atoms with Crippen molar-refractivity contribution in [1.82, 2.24) is 0 Å². The second kappa shape index (κ2) is 8.45. The first kappa shape index (κ1) is 17.9. The zero-order chi connectivity index (χ0) is 18.4. The number of halogens is 1. The molecule has 1 heterocycles. The van der Waals surface area contributed by atoms with Gasteiger partial charge in [-0.05, 0) is 35.7 Å². The highest BCUT2D eigenvalue weighted by Crippen LogP contribution is 2.22. The maximum absolute atomic E-state index is 12.3. The molecule has 0 radical (unpaired) electrons. The van der Waals surface area contributed by atoms with E-state index in [0.29, 0.717) is 5.02 Å². The van der Waals surface area contributed by atoms with Crippen LogP contribution in [0, 0.1) is 6.92 Å². The smallest absolute Gasteiger partial charge is 0.290 e. The molecule has 0 saturated heterocycles. The summed E-state index contributed by atoms with van der Waals surface area (Å²) in [7, 11) is 0. The Kier molecular flexibility index (Phi) is 5.82. The van der Waals surface area contributed by atoms with Crippen molar-refractivity contribution in [3.63, 3.8) is 0 Å². The zero-order valence-corrected chi connectivity index (χ0v) is 15.3. The first-order chi connectivity index (χ1) is 12.6. The molecule has 0 spiro atoms. The molecule has 1 amide bonds. The second-order valence-corrected chi connectivity index (χ2v) is 6.42. The zero-order valence-electron chi connectivity index (χ0n) is 14.5. The molecule has 3 nitrogen and oxygen atoms in total. The number of carbonyl (C=O) groups is 1. The van der Waals surface area contributed by atoms with Crippen molar-refractivity contribution in [1.29, 1.82) is 0 Å². The Morgan fingerprint density at radius 3 is 2.31 bits per heavy atom. The fourth-order valence-electron chi connectivity index (χ4n) is 2.54. The van der Waals surface area contributed by atoms with Crippen molar-refractivity contribution in [3.8, 4) is 0 Å². The lowest BCUT2D eigenvalue weighted by molar-refractivity contribution is -0.684. The number of anilines is 1. The summed E-state index contributed by atoms with van der Waals surface area (Å²) in [5, 5.41) is 3.55. The molecule has 0 aliphatic carbocycles. The Morgan fingerprint density at radius 2 is 1.62 bits per heavy atom. The molecule has 0 bridgehead atoms. The van der Waals surface area contributed by atoms with Crippen molar-refractivity contribution in [2.45, 2.75) is 13.5 Å². The van der Waals surface area contributed by atoms with E-state index in [1.165, 1.54) is 0 Å². The minimum absolute atomic E-state index is 0.0899. The van der Waals surface area contributed by atoms with Gasteiger partial charge < -0.3 is 5.32 Å². The molecule has 4 heteroatoms. The Hall–Kier alpha value is -2.91. The van der Waals surface area contributed by atoms with Gasteiger partial charge in [0.15, 0.2) is 12.4 Å². The largest absolute Gasteiger partial charge is 0.320 e. The Labute approximate surface area is 158 Å². The van der Waals surface area contributed by atoms with Crippen LogP contribution >= 0.6 is 11.6 Å². The fourth-order valence-corrected chi connectivity index (χ4v) is 2.71. The number of benzene rings is 2. The molecule has 0 aliphatic rings. The molecule has 3 aromatic rings. The van der Waals surface area contributed by atoms with Gasteiger partial charge in [-0.15, -0.1) is 0 Å². The van der Waals surface area contributed by atoms with Gasteiger partial charge in [-0.1, -0.05) is 60.2 Å². The highest BCUT2D eigenvalue weighted by atomic mass is 35.5. The SMILES string of the molecule is Cc1c(Cl)cccc1NC(=O)C[n+]1ccc(/C=C/c2ccccc2)cc1. The van der Waals surface area contributed by atoms with Gasteiger partial charge in [0.05, 0.1) is 0 Å². The van der Waals surface area contributed by atoms with Gasteiger partial charge in [0.2, 0.25) is 6.54 Å². The molecular weight excluding hydrogens is 344 g/mol. The number of aromatic nitrogens is 1. The maximum atomic E-state index is 12.3. The number of pyridine rings is 1. The number of nitrogens with zero attached hydrogens (tertiary/aromatic N) is 1. The summed E-state index contributed by atoms with van der Waals surface area (Å²) < 4.78 is 1.84. The topological polar surface area (TPSA) is 33.0 Å². The van der Waals surface area contributed by atoms with Crippen LogP contribution in [0.3, 0.4) is 0 Å². The van der Waals surface area contributed by atoms with E-state index >= 15 is 0 Å². The molecule has 26 heavy (non-hydrogen) atoms. The molecule has 0 fully saturated rings. The Balaban J connectivity index is 1.61. The quantitative estimate of drug-likeness (QED) is 0.652. The van der Waals surface area contributed by atoms with Crippen LogP contribution in [0.4, 0.5) is 5.69 Å². The summed E-state index contributed by atoms with van der Waals surface area (Å²) in [6, 6.07) is 19.6. The van der Waals surface area contributed by atoms with Crippen molar-refractivity contribution in [3.05, 3.63) is 94.8 Å². The predicted molar refractivity (Wildman–Crippen MR) is 107 cm³/mol. The predicted octanol–water partition coefficient (Wildman–Crippen LogP) is 4.75. The molecule has 0 aliphatic heterocycles. The molecule has 3 rings (SSSR count). The second-order valence-electron chi connectivity index (χ2n) is 6.01. The normalized spacial score (nSPS) is 10.8. The summed E-state index contributed by atoms with van der Waals surface area (Å²) >= 11 is 6.09. The van der Waals surface area contributed by atoms with E-state index in [9.17, 15) is 4.79 Å². The number of nitrogens with one attached hydrogen (secondary N) is 1. The van der Waals surface area contributed by atoms with Crippen molar-refractivity contribution >= 4 is 35.3 Å². The third-order valence-corrected chi connectivity index (χ3v) is 4.46. The minimum atomic E-state index is -0.0899. The van der Waals surface area contributed by atoms with E-state index in [1.807, 2.05) is 72.4 Å². The van der Waals surface area contributed by atoms with Crippen LogP contribution in [-0.4, -0.2) is 5.91 Å². The van der Waals surface area contributed by atoms with Crippen LogP contribution in [0.5, 0.6) is 0 Å². The van der Waals surface area contributed by atoms with Crippen LogP contribution < -0.4 is 9.88 Å². The number of hydrogen-bond acceptors (Lipinski definition) is 1. The number of rotatable bonds is 5. The van der Waals surface area contributed by atoms with E-state index in [1.54, 1.807) is 0 Å². The average molecular weight is 364 g/mol. The summed E-state index contributed by atoms with van der Waals surface area (Å²) in [5.74, 6) is -0.0899. The highest BCUT2D eigenvalue weighted by molar-refractivity contribution is 6.31. The van der Waals surface area contributed by atoms with Gasteiger partial charge in [-0.3, -0.25) is 4.79 Å². The molecule has 0 saturated carbocycles. The monoisotopic (exact) mass is 363 g/mol. The average Bonchev–Trinajstić information content (AvgIpc) is 2.66. The molecular formula is C22H20ClN2O+. The molecule has 0 atom stereocenters. The lowest BCUT2D eigenvalue weighted by Gasteiger charge is -2.08. The van der Waals surface area contributed by atoms with Crippen LogP contribution in [0.15, 0.2) is 73.1 Å². The van der Waals surface area contributed by atoms with Crippen LogP contribution in [-0.2, 0) is 11.3 Å². The van der Waals surface area contributed by atoms with Gasteiger partial charge in [0, 0.05) is 22.8 Å². The third kappa shape index (κ3) is 4.80. The Morgan fingerprint density at radius 1 is 0.962 bits per heavy atom. The van der Waals surface area contributed by atoms with Gasteiger partial charge >= 0.3 is 0 Å². The third-order valence-electron chi connectivity index (χ3n) is 4.05. The first-order valence-electron chi connectivity index (χ1n) is 8.39. The lowest BCUT2D eigenvalue weighted by Crippen LogP contribution is -2.39. The standard InChI is InChI=1S/C22H19ClN2O/c1-17-20(23)8-5-9-21(17)24-22(26)16-25-14-12-19(13-15-25)11-10-18-6-3-2-4-7-18/h2-15H,16H2,1H3/p+1/b11-10+. The number of amides is 1. The van der Waals surface area contributed by atoms with E-state index < -0.39 is 0 Å². The van der Waals surface area contributed by atoms with Gasteiger partial charge in [0.25, 0.3) is 5.91 Å². The van der Waals surface area contributed by atoms with Crippen molar-refractivity contribution in [2.24, 2.45) is 0 Å². The Bertz CT molecular complexity index is 919. The first-order valence-corrected chi connectivity index (χ1v) is 8.77. The molecule has 130 valence electrons. The van der Waals surface area contributed by atoms with Gasteiger partial charge in [0.1, 0.15) is 0 Å². The summed E-state index contributed by atoms with van der Waals surface area (Å²) in [6.07, 6.45) is 7.91. The number of carbonyl (C=O) groups excluding carboxylic acids is 1. The summed E-state index contributed by atoms with van der Waals surface area (Å²) in [6.45, 7) is 2.13. The maximum Gasteiger partial charge on any atom is 0.290 e. The van der Waals surface area contributed by atoms with Gasteiger partial charge in [-0.25, -0.2) is 0 Å². The van der Waals surface area contributed by atoms with Crippen LogP contribution in [0.1, 0.15) is 16.7 Å². The van der Waals surface area contributed by atoms with E-state index in [-0.39, 0.29) is 12.5 Å².